The number of ether oxygens (including phenoxy) is 1. The third kappa shape index (κ3) is 2.23. The number of nitrogens with zero attached hydrogens (tertiary/aromatic N) is 1. The van der Waals surface area contributed by atoms with Crippen molar-refractivity contribution in [2.45, 2.75) is 50.8 Å². The average molecular weight is 226 g/mol. The molecule has 2 fully saturated rings. The van der Waals surface area contributed by atoms with Crippen molar-refractivity contribution in [3.8, 4) is 0 Å². The molecular formula is C12H22N2O2. The highest BCUT2D eigenvalue weighted by atomic mass is 16.5. The molecule has 2 unspecified atom stereocenters. The summed E-state index contributed by atoms with van der Waals surface area (Å²) in [5, 5.41) is 3.57. The average Bonchev–Trinajstić information content (AvgIpc) is 2.57. The van der Waals surface area contributed by atoms with E-state index in [-0.39, 0.29) is 5.91 Å². The Hall–Kier alpha value is -0.610. The van der Waals surface area contributed by atoms with Crippen LogP contribution in [0.3, 0.4) is 0 Å². The number of amides is 1. The van der Waals surface area contributed by atoms with Crippen LogP contribution >= 0.6 is 0 Å². The fraction of sp³-hybridized carbons (Fsp3) is 0.917. The number of nitrogens with one attached hydrogen (secondary N) is 1. The van der Waals surface area contributed by atoms with Crippen molar-refractivity contribution in [1.29, 1.82) is 0 Å². The third-order valence-corrected chi connectivity index (χ3v) is 3.84. The van der Waals surface area contributed by atoms with Gasteiger partial charge in [-0.3, -0.25) is 4.79 Å². The molecule has 0 aromatic carbocycles. The van der Waals surface area contributed by atoms with E-state index < -0.39 is 5.60 Å². The van der Waals surface area contributed by atoms with Crippen molar-refractivity contribution in [3.63, 3.8) is 0 Å². The summed E-state index contributed by atoms with van der Waals surface area (Å²) in [6, 6.07) is 1.11. The molecule has 92 valence electrons. The highest BCUT2D eigenvalue weighted by molar-refractivity contribution is 5.84. The van der Waals surface area contributed by atoms with Crippen LogP contribution in [0.15, 0.2) is 0 Å². The second-order valence-corrected chi connectivity index (χ2v) is 5.39. The predicted molar refractivity (Wildman–Crippen MR) is 62.2 cm³/mol. The number of hydrogen-bond donors (Lipinski definition) is 1. The van der Waals surface area contributed by atoms with Crippen molar-refractivity contribution in [1.82, 2.24) is 10.2 Å². The summed E-state index contributed by atoms with van der Waals surface area (Å²) in [7, 11) is 1.60. The first-order valence-electron chi connectivity index (χ1n) is 6.13. The lowest BCUT2D eigenvalue weighted by atomic mass is 10.0. The van der Waals surface area contributed by atoms with Crippen LogP contribution in [-0.4, -0.2) is 48.7 Å². The molecule has 0 aromatic rings. The van der Waals surface area contributed by atoms with Gasteiger partial charge in [0.25, 0.3) is 5.91 Å². The molecule has 2 aliphatic rings. The summed E-state index contributed by atoms with van der Waals surface area (Å²) in [6.45, 7) is 5.37. The van der Waals surface area contributed by atoms with E-state index in [1.54, 1.807) is 7.11 Å². The fourth-order valence-corrected chi connectivity index (χ4v) is 2.60. The van der Waals surface area contributed by atoms with Crippen LogP contribution in [0.2, 0.25) is 0 Å². The highest BCUT2D eigenvalue weighted by Gasteiger charge is 2.36. The predicted octanol–water partition coefficient (Wildman–Crippen LogP) is 0.764. The molecule has 2 bridgehead atoms. The molecule has 4 nitrogen and oxygen atoms in total. The molecule has 2 aliphatic heterocycles. The number of likely N-dealkylation sites (tertiary alicyclic amines) is 1. The smallest absolute Gasteiger partial charge is 0.254 e. The van der Waals surface area contributed by atoms with Crippen LogP contribution in [0.4, 0.5) is 0 Å². The van der Waals surface area contributed by atoms with Gasteiger partial charge >= 0.3 is 0 Å². The number of methoxy groups -OCH3 is 1. The molecular weight excluding hydrogens is 204 g/mol. The van der Waals surface area contributed by atoms with Gasteiger partial charge in [-0.2, -0.15) is 0 Å². The first-order valence-corrected chi connectivity index (χ1v) is 6.13. The van der Waals surface area contributed by atoms with Crippen molar-refractivity contribution < 1.29 is 9.53 Å². The van der Waals surface area contributed by atoms with Crippen LogP contribution in [0.1, 0.15) is 33.1 Å². The quantitative estimate of drug-likeness (QED) is 0.756. The lowest BCUT2D eigenvalue weighted by Gasteiger charge is -2.31. The minimum atomic E-state index is -0.691. The number of rotatable bonds is 2. The number of fused-ring (bicyclic) bond motifs is 2. The van der Waals surface area contributed by atoms with Crippen molar-refractivity contribution in [2.24, 2.45) is 0 Å². The van der Waals surface area contributed by atoms with E-state index in [2.05, 4.69) is 5.32 Å². The monoisotopic (exact) mass is 226 g/mol. The molecule has 2 saturated heterocycles. The maximum atomic E-state index is 12.3. The van der Waals surface area contributed by atoms with Crippen molar-refractivity contribution in [3.05, 3.63) is 0 Å². The number of carbonyl (C=O) groups is 1. The molecule has 0 saturated carbocycles. The van der Waals surface area contributed by atoms with Crippen LogP contribution < -0.4 is 5.32 Å². The van der Waals surface area contributed by atoms with Gasteiger partial charge in [-0.15, -0.1) is 0 Å². The Morgan fingerprint density at radius 2 is 2.00 bits per heavy atom. The molecule has 0 aliphatic carbocycles. The normalized spacial score (nSPS) is 30.3. The van der Waals surface area contributed by atoms with E-state index >= 15 is 0 Å². The molecule has 0 aromatic heterocycles. The van der Waals surface area contributed by atoms with Gasteiger partial charge in [0.1, 0.15) is 5.60 Å². The van der Waals surface area contributed by atoms with Gasteiger partial charge in [0.05, 0.1) is 0 Å². The van der Waals surface area contributed by atoms with E-state index in [4.69, 9.17) is 4.74 Å². The molecule has 4 heteroatoms. The SMILES string of the molecule is COC(C)(C)C(=O)N1CCC2CCC(C1)N2. The molecule has 2 heterocycles. The van der Waals surface area contributed by atoms with Gasteiger partial charge in [0.15, 0.2) is 0 Å². The highest BCUT2D eigenvalue weighted by Crippen LogP contribution is 2.22. The van der Waals surface area contributed by atoms with Gasteiger partial charge in [-0.05, 0) is 33.1 Å². The molecule has 2 rings (SSSR count). The first kappa shape index (κ1) is 11.9. The Kier molecular flexibility index (Phi) is 3.22. The van der Waals surface area contributed by atoms with Gasteiger partial charge in [-0.25, -0.2) is 0 Å². The second kappa shape index (κ2) is 4.34. The van der Waals surface area contributed by atoms with Gasteiger partial charge in [-0.1, -0.05) is 0 Å². The summed E-state index contributed by atoms with van der Waals surface area (Å²) in [6.07, 6.45) is 3.53. The van der Waals surface area contributed by atoms with Crippen LogP contribution in [0, 0.1) is 0 Å². The second-order valence-electron chi connectivity index (χ2n) is 5.39. The van der Waals surface area contributed by atoms with E-state index in [0.29, 0.717) is 12.1 Å². The van der Waals surface area contributed by atoms with Crippen molar-refractivity contribution in [2.75, 3.05) is 20.2 Å². The van der Waals surface area contributed by atoms with Crippen LogP contribution in [-0.2, 0) is 9.53 Å². The third-order valence-electron chi connectivity index (χ3n) is 3.84. The molecule has 0 spiro atoms. The summed E-state index contributed by atoms with van der Waals surface area (Å²) in [5.74, 6) is 0.115. The largest absolute Gasteiger partial charge is 0.369 e. The number of hydrogen-bond acceptors (Lipinski definition) is 3. The van der Waals surface area contributed by atoms with Crippen LogP contribution in [0.25, 0.3) is 0 Å². The molecule has 0 radical (unpaired) electrons. The topological polar surface area (TPSA) is 41.6 Å². The maximum Gasteiger partial charge on any atom is 0.254 e. The summed E-state index contributed by atoms with van der Waals surface area (Å²) >= 11 is 0. The van der Waals surface area contributed by atoms with Crippen molar-refractivity contribution >= 4 is 5.91 Å². The molecule has 16 heavy (non-hydrogen) atoms. The van der Waals surface area contributed by atoms with Crippen LogP contribution in [0.5, 0.6) is 0 Å². The lowest BCUT2D eigenvalue weighted by Crippen LogP contribution is -2.49. The van der Waals surface area contributed by atoms with Gasteiger partial charge in [0.2, 0.25) is 0 Å². The zero-order valence-corrected chi connectivity index (χ0v) is 10.5. The summed E-state index contributed by atoms with van der Waals surface area (Å²) in [5.41, 5.74) is -0.691. The zero-order chi connectivity index (χ0) is 11.8. The summed E-state index contributed by atoms with van der Waals surface area (Å²) in [4.78, 5) is 14.2. The Labute approximate surface area is 97.3 Å². The Bertz CT molecular complexity index is 278. The van der Waals surface area contributed by atoms with E-state index in [1.165, 1.54) is 12.8 Å². The molecule has 1 amide bonds. The van der Waals surface area contributed by atoms with Gasteiger partial charge in [0, 0.05) is 32.3 Å². The minimum absolute atomic E-state index is 0.115. The Balaban J connectivity index is 2.02. The van der Waals surface area contributed by atoms with E-state index in [0.717, 1.165) is 19.5 Å². The minimum Gasteiger partial charge on any atom is -0.369 e. The lowest BCUT2D eigenvalue weighted by molar-refractivity contribution is -0.151. The standard InChI is InChI=1S/C12H22N2O2/c1-12(2,16-3)11(15)14-7-6-9-4-5-10(8-14)13-9/h9-10,13H,4-8H2,1-3H3. The Morgan fingerprint density at radius 1 is 1.31 bits per heavy atom. The van der Waals surface area contributed by atoms with E-state index in [1.807, 2.05) is 18.7 Å². The fourth-order valence-electron chi connectivity index (χ4n) is 2.60. The Morgan fingerprint density at radius 3 is 2.69 bits per heavy atom. The first-order chi connectivity index (χ1) is 7.53. The zero-order valence-electron chi connectivity index (χ0n) is 10.5. The molecule has 1 N–H and O–H groups in total. The maximum absolute atomic E-state index is 12.3. The van der Waals surface area contributed by atoms with E-state index in [9.17, 15) is 4.79 Å². The molecule has 2 atom stereocenters. The number of carbonyl (C=O) groups excluding carboxylic acids is 1. The van der Waals surface area contributed by atoms with Gasteiger partial charge < -0.3 is 15.0 Å². The summed E-state index contributed by atoms with van der Waals surface area (Å²) < 4.78 is 5.26.